The van der Waals surface area contributed by atoms with Gasteiger partial charge in [0.2, 0.25) is 5.91 Å². The number of nitrogens with zero attached hydrogens (tertiary/aromatic N) is 5. The lowest BCUT2D eigenvalue weighted by Crippen LogP contribution is -2.46. The van der Waals surface area contributed by atoms with E-state index in [1.54, 1.807) is 53.4 Å². The normalized spacial score (nSPS) is 15.9. The number of carbonyl (C=O) groups is 4. The summed E-state index contributed by atoms with van der Waals surface area (Å²) in [7, 11) is 1.34. The van der Waals surface area contributed by atoms with Gasteiger partial charge in [-0.1, -0.05) is 35.9 Å². The summed E-state index contributed by atoms with van der Waals surface area (Å²) < 4.78 is 6.33. The Morgan fingerprint density at radius 3 is 2.63 bits per heavy atom. The van der Waals surface area contributed by atoms with Crippen molar-refractivity contribution in [3.8, 4) is 5.69 Å². The van der Waals surface area contributed by atoms with Gasteiger partial charge in [-0.25, -0.2) is 4.79 Å². The highest BCUT2D eigenvalue weighted by atomic mass is 35.5. The first-order valence-electron chi connectivity index (χ1n) is 13.2. The fourth-order valence-electron chi connectivity index (χ4n) is 4.86. The Morgan fingerprint density at radius 1 is 1.17 bits per heavy atom. The van der Waals surface area contributed by atoms with E-state index in [0.29, 0.717) is 41.3 Å². The van der Waals surface area contributed by atoms with Crippen LogP contribution in [0.25, 0.3) is 11.8 Å². The van der Waals surface area contributed by atoms with Gasteiger partial charge in [0.25, 0.3) is 0 Å². The van der Waals surface area contributed by atoms with Crippen molar-refractivity contribution in [1.82, 2.24) is 30.4 Å². The molecule has 2 atom stereocenters. The van der Waals surface area contributed by atoms with Crippen molar-refractivity contribution < 1.29 is 23.9 Å². The molecule has 1 fully saturated rings. The predicted octanol–water partition coefficient (Wildman–Crippen LogP) is 3.70. The molecule has 2 heterocycles. The maximum atomic E-state index is 13.5. The van der Waals surface area contributed by atoms with Crippen LogP contribution in [0.5, 0.6) is 0 Å². The van der Waals surface area contributed by atoms with Crippen LogP contribution in [0.2, 0.25) is 5.02 Å². The van der Waals surface area contributed by atoms with Gasteiger partial charge in [0.05, 0.1) is 18.8 Å². The van der Waals surface area contributed by atoms with Crippen molar-refractivity contribution in [2.45, 2.75) is 38.6 Å². The van der Waals surface area contributed by atoms with E-state index >= 15 is 0 Å². The Morgan fingerprint density at radius 2 is 1.95 bits per heavy atom. The molecule has 12 heteroatoms. The van der Waals surface area contributed by atoms with E-state index in [9.17, 15) is 19.2 Å². The first kappa shape index (κ1) is 29.6. The fourth-order valence-corrected chi connectivity index (χ4v) is 5.04. The van der Waals surface area contributed by atoms with Gasteiger partial charge in [0, 0.05) is 41.7 Å². The quantitative estimate of drug-likeness (QED) is 0.284. The van der Waals surface area contributed by atoms with Crippen molar-refractivity contribution in [3.63, 3.8) is 0 Å². The third-order valence-corrected chi connectivity index (χ3v) is 7.20. The van der Waals surface area contributed by atoms with Crippen LogP contribution in [0, 0.1) is 5.92 Å². The van der Waals surface area contributed by atoms with Gasteiger partial charge in [-0.3, -0.25) is 14.4 Å². The molecule has 3 aromatic rings. The number of aromatic nitrogens is 4. The average molecular weight is 579 g/mol. The molecule has 0 saturated carbocycles. The smallest absolute Gasteiger partial charge is 0.409 e. The number of hydrogen-bond acceptors (Lipinski definition) is 8. The molecule has 11 nitrogen and oxygen atoms in total. The van der Waals surface area contributed by atoms with Crippen LogP contribution in [0.1, 0.15) is 47.7 Å². The number of piperidine rings is 1. The third kappa shape index (κ3) is 8.07. The van der Waals surface area contributed by atoms with Gasteiger partial charge in [0.1, 0.15) is 6.33 Å². The Balaban J connectivity index is 1.51. The minimum atomic E-state index is -0.791. The van der Waals surface area contributed by atoms with Crippen LogP contribution in [-0.4, -0.2) is 74.9 Å². The number of tetrazole rings is 1. The molecule has 0 aliphatic carbocycles. The molecule has 1 aromatic heterocycles. The summed E-state index contributed by atoms with van der Waals surface area (Å²) in [6.45, 7) is 2.51. The number of ketones is 2. The lowest BCUT2D eigenvalue weighted by Gasteiger charge is -2.33. The lowest BCUT2D eigenvalue weighted by atomic mass is 9.88. The van der Waals surface area contributed by atoms with Crippen molar-refractivity contribution in [2.75, 3.05) is 20.2 Å². The first-order chi connectivity index (χ1) is 19.7. The number of carbonyl (C=O) groups excluding carboxylic acids is 4. The van der Waals surface area contributed by atoms with Gasteiger partial charge in [0.15, 0.2) is 11.6 Å². The Hall–Kier alpha value is -4.38. The van der Waals surface area contributed by atoms with E-state index in [1.807, 2.05) is 0 Å². The SMILES string of the molecule is COC(=O)N1CCCC(C[C@H](NC(=O)/C=C/c2cc(Cl)ccc2-n2cnnn2)C(=O)Cc2ccc(C(C)=O)cc2)C1. The van der Waals surface area contributed by atoms with Gasteiger partial charge in [-0.2, -0.15) is 4.68 Å². The molecule has 1 N–H and O–H groups in total. The van der Waals surface area contributed by atoms with E-state index in [2.05, 4.69) is 20.8 Å². The first-order valence-corrected chi connectivity index (χ1v) is 13.6. The number of hydrogen-bond donors (Lipinski definition) is 1. The second kappa shape index (κ2) is 13.8. The average Bonchev–Trinajstić information content (AvgIpc) is 3.50. The summed E-state index contributed by atoms with van der Waals surface area (Å²) in [6.07, 6.45) is 5.98. The molecule has 41 heavy (non-hydrogen) atoms. The second-order valence-electron chi connectivity index (χ2n) is 9.91. The number of methoxy groups -OCH3 is 1. The standard InChI is InChI=1S/C29H31ClN6O5/c1-19(37)22-7-5-20(6-8-22)15-27(38)25(14-21-4-3-13-35(17-21)29(40)41-2)32-28(39)12-9-23-16-24(30)10-11-26(23)36-18-31-33-34-36/h5-12,16,18,21,25H,3-4,13-15,17H2,1-2H3,(H,32,39)/b12-9+/t21?,25-/m0/s1. The molecule has 2 aromatic carbocycles. The number of Topliss-reactive ketones (excluding diaryl/α,β-unsaturated/α-hetero) is 2. The number of ether oxygens (including phenoxy) is 1. The summed E-state index contributed by atoms with van der Waals surface area (Å²) >= 11 is 6.18. The molecule has 1 unspecified atom stereocenters. The highest BCUT2D eigenvalue weighted by Crippen LogP contribution is 2.23. The van der Waals surface area contributed by atoms with Crippen LogP contribution in [0.4, 0.5) is 4.79 Å². The van der Waals surface area contributed by atoms with Crippen molar-refractivity contribution in [3.05, 3.63) is 76.6 Å². The predicted molar refractivity (Wildman–Crippen MR) is 152 cm³/mol. The number of likely N-dealkylation sites (tertiary alicyclic amines) is 1. The zero-order valence-corrected chi connectivity index (χ0v) is 23.6. The van der Waals surface area contributed by atoms with Gasteiger partial charge in [-0.05, 0) is 72.4 Å². The summed E-state index contributed by atoms with van der Waals surface area (Å²) in [4.78, 5) is 51.9. The van der Waals surface area contributed by atoms with E-state index in [-0.39, 0.29) is 23.9 Å². The van der Waals surface area contributed by atoms with Crippen LogP contribution in [0.3, 0.4) is 0 Å². The molecular weight excluding hydrogens is 548 g/mol. The Labute approximate surface area is 242 Å². The zero-order chi connectivity index (χ0) is 29.4. The minimum Gasteiger partial charge on any atom is -0.453 e. The molecule has 0 radical (unpaired) electrons. The summed E-state index contributed by atoms with van der Waals surface area (Å²) in [5, 5.41) is 14.5. The van der Waals surface area contributed by atoms with Gasteiger partial charge >= 0.3 is 6.09 Å². The number of nitrogens with one attached hydrogen (secondary N) is 1. The van der Waals surface area contributed by atoms with Gasteiger partial charge in [-0.15, -0.1) is 5.10 Å². The number of amides is 2. The molecule has 214 valence electrons. The van der Waals surface area contributed by atoms with E-state index in [4.69, 9.17) is 16.3 Å². The molecule has 4 rings (SSSR count). The third-order valence-electron chi connectivity index (χ3n) is 6.96. The zero-order valence-electron chi connectivity index (χ0n) is 22.8. The number of benzene rings is 2. The van der Waals surface area contributed by atoms with E-state index in [0.717, 1.165) is 18.4 Å². The lowest BCUT2D eigenvalue weighted by molar-refractivity contribution is -0.125. The molecule has 0 bridgehead atoms. The van der Waals surface area contributed by atoms with Crippen molar-refractivity contribution >= 4 is 41.2 Å². The molecule has 1 aliphatic rings. The van der Waals surface area contributed by atoms with E-state index in [1.165, 1.54) is 31.1 Å². The fraction of sp³-hybridized carbons (Fsp3) is 0.345. The Bertz CT molecular complexity index is 1420. The van der Waals surface area contributed by atoms with Crippen LogP contribution < -0.4 is 5.32 Å². The maximum absolute atomic E-state index is 13.5. The monoisotopic (exact) mass is 578 g/mol. The molecule has 2 amide bonds. The van der Waals surface area contributed by atoms with E-state index < -0.39 is 18.0 Å². The Kier molecular flexibility index (Phi) is 9.96. The van der Waals surface area contributed by atoms with Crippen molar-refractivity contribution in [1.29, 1.82) is 0 Å². The second-order valence-corrected chi connectivity index (χ2v) is 10.3. The van der Waals surface area contributed by atoms with Crippen LogP contribution in [0.15, 0.2) is 54.9 Å². The minimum absolute atomic E-state index is 0.000478. The number of halogens is 1. The highest BCUT2D eigenvalue weighted by Gasteiger charge is 2.29. The maximum Gasteiger partial charge on any atom is 0.409 e. The molecule has 1 saturated heterocycles. The summed E-state index contributed by atoms with van der Waals surface area (Å²) in [5.74, 6) is -0.691. The van der Waals surface area contributed by atoms with Gasteiger partial charge < -0.3 is 15.0 Å². The molecule has 0 spiro atoms. The summed E-state index contributed by atoms with van der Waals surface area (Å²) in [5.41, 5.74) is 2.52. The molecular formula is C29H31ClN6O5. The number of rotatable bonds is 10. The highest BCUT2D eigenvalue weighted by molar-refractivity contribution is 6.30. The molecule has 1 aliphatic heterocycles. The summed E-state index contributed by atoms with van der Waals surface area (Å²) in [6, 6.07) is 11.2. The van der Waals surface area contributed by atoms with Crippen LogP contribution >= 0.6 is 11.6 Å². The van der Waals surface area contributed by atoms with Crippen LogP contribution in [-0.2, 0) is 20.7 Å². The van der Waals surface area contributed by atoms with Crippen molar-refractivity contribution in [2.24, 2.45) is 5.92 Å². The largest absolute Gasteiger partial charge is 0.453 e. The topological polar surface area (TPSA) is 136 Å².